The number of phenols is 1. The molecule has 0 bridgehead atoms. The van der Waals surface area contributed by atoms with E-state index in [-0.39, 0.29) is 0 Å². The summed E-state index contributed by atoms with van der Waals surface area (Å²) in [5, 5.41) is 9.50. The second kappa shape index (κ2) is 3.55. The van der Waals surface area contributed by atoms with Gasteiger partial charge in [-0.3, -0.25) is 0 Å². The van der Waals surface area contributed by atoms with Gasteiger partial charge in [-0.15, -0.1) is 0 Å². The van der Waals surface area contributed by atoms with E-state index >= 15 is 0 Å². The predicted molar refractivity (Wildman–Crippen MR) is 63.2 cm³/mol. The summed E-state index contributed by atoms with van der Waals surface area (Å²) in [6.07, 6.45) is 3.62. The van der Waals surface area contributed by atoms with Gasteiger partial charge in [-0.05, 0) is 53.9 Å². The standard InChI is InChI=1S/C14H20O/c1-10(2)14(3)8-4-5-11-9-12(15)6-7-13(11)14/h6-7,9-10,15H,4-5,8H2,1-3H3. The van der Waals surface area contributed by atoms with E-state index in [0.717, 1.165) is 6.42 Å². The maximum atomic E-state index is 9.50. The fourth-order valence-electron chi connectivity index (χ4n) is 2.72. The Morgan fingerprint density at radius 3 is 2.73 bits per heavy atom. The zero-order valence-electron chi connectivity index (χ0n) is 9.88. The Morgan fingerprint density at radius 2 is 2.07 bits per heavy atom. The largest absolute Gasteiger partial charge is 0.508 e. The lowest BCUT2D eigenvalue weighted by Gasteiger charge is -2.39. The Kier molecular flexibility index (Phi) is 2.49. The minimum absolute atomic E-state index is 0.293. The Hall–Kier alpha value is -0.980. The molecule has 1 unspecified atom stereocenters. The van der Waals surface area contributed by atoms with Crippen LogP contribution in [0.15, 0.2) is 18.2 Å². The van der Waals surface area contributed by atoms with Gasteiger partial charge in [-0.1, -0.05) is 26.8 Å². The molecule has 0 amide bonds. The molecule has 1 heteroatoms. The van der Waals surface area contributed by atoms with E-state index in [2.05, 4.69) is 26.8 Å². The fraction of sp³-hybridized carbons (Fsp3) is 0.571. The SMILES string of the molecule is CC(C)C1(C)CCCc2cc(O)ccc21. The van der Waals surface area contributed by atoms with Crippen molar-refractivity contribution in [3.8, 4) is 5.75 Å². The summed E-state index contributed by atoms with van der Waals surface area (Å²) in [5.41, 5.74) is 3.08. The quantitative estimate of drug-likeness (QED) is 0.740. The fourth-order valence-corrected chi connectivity index (χ4v) is 2.72. The van der Waals surface area contributed by atoms with Crippen molar-refractivity contribution < 1.29 is 5.11 Å². The van der Waals surface area contributed by atoms with E-state index in [1.165, 1.54) is 24.0 Å². The van der Waals surface area contributed by atoms with Crippen molar-refractivity contribution in [2.45, 2.75) is 45.4 Å². The molecular weight excluding hydrogens is 184 g/mol. The molecule has 1 aliphatic rings. The molecular formula is C14H20O. The highest BCUT2D eigenvalue weighted by atomic mass is 16.3. The molecule has 0 radical (unpaired) electrons. The summed E-state index contributed by atoms with van der Waals surface area (Å²) < 4.78 is 0. The van der Waals surface area contributed by atoms with Gasteiger partial charge in [0.2, 0.25) is 0 Å². The second-order valence-corrected chi connectivity index (χ2v) is 5.27. The molecule has 0 heterocycles. The first-order valence-electron chi connectivity index (χ1n) is 5.86. The lowest BCUT2D eigenvalue weighted by atomic mass is 9.65. The van der Waals surface area contributed by atoms with E-state index < -0.39 is 0 Å². The number of benzene rings is 1. The van der Waals surface area contributed by atoms with E-state index in [9.17, 15) is 5.11 Å². The van der Waals surface area contributed by atoms with Gasteiger partial charge in [0.1, 0.15) is 5.75 Å². The number of aryl methyl sites for hydroxylation is 1. The summed E-state index contributed by atoms with van der Waals surface area (Å²) >= 11 is 0. The number of fused-ring (bicyclic) bond motifs is 1. The average molecular weight is 204 g/mol. The average Bonchev–Trinajstić information content (AvgIpc) is 2.17. The van der Waals surface area contributed by atoms with Crippen molar-refractivity contribution in [2.24, 2.45) is 5.92 Å². The summed E-state index contributed by atoms with van der Waals surface area (Å²) in [6, 6.07) is 5.88. The van der Waals surface area contributed by atoms with Gasteiger partial charge in [-0.25, -0.2) is 0 Å². The highest BCUT2D eigenvalue weighted by molar-refractivity contribution is 5.41. The highest BCUT2D eigenvalue weighted by Crippen LogP contribution is 2.43. The van der Waals surface area contributed by atoms with Gasteiger partial charge in [0, 0.05) is 0 Å². The van der Waals surface area contributed by atoms with Crippen LogP contribution in [0.25, 0.3) is 0 Å². The Morgan fingerprint density at radius 1 is 1.33 bits per heavy atom. The molecule has 1 aromatic rings. The van der Waals surface area contributed by atoms with Gasteiger partial charge in [0.15, 0.2) is 0 Å². The Bertz CT molecular complexity index is 368. The van der Waals surface area contributed by atoms with Gasteiger partial charge in [0.05, 0.1) is 0 Å². The van der Waals surface area contributed by atoms with Gasteiger partial charge in [0.25, 0.3) is 0 Å². The smallest absolute Gasteiger partial charge is 0.115 e. The zero-order valence-corrected chi connectivity index (χ0v) is 9.88. The van der Waals surface area contributed by atoms with Crippen LogP contribution in [-0.2, 0) is 11.8 Å². The Balaban J connectivity index is 2.51. The maximum Gasteiger partial charge on any atom is 0.115 e. The van der Waals surface area contributed by atoms with Gasteiger partial charge < -0.3 is 5.11 Å². The molecule has 1 atom stereocenters. The summed E-state index contributed by atoms with van der Waals surface area (Å²) in [7, 11) is 0. The van der Waals surface area contributed by atoms with E-state index in [0.29, 0.717) is 17.1 Å². The highest BCUT2D eigenvalue weighted by Gasteiger charge is 2.34. The first-order valence-corrected chi connectivity index (χ1v) is 5.86. The second-order valence-electron chi connectivity index (χ2n) is 5.27. The molecule has 0 aromatic heterocycles. The van der Waals surface area contributed by atoms with E-state index in [1.54, 1.807) is 0 Å². The lowest BCUT2D eigenvalue weighted by Crippen LogP contribution is -2.32. The van der Waals surface area contributed by atoms with Crippen LogP contribution >= 0.6 is 0 Å². The molecule has 0 fully saturated rings. The van der Waals surface area contributed by atoms with E-state index in [4.69, 9.17) is 0 Å². The third kappa shape index (κ3) is 1.64. The van der Waals surface area contributed by atoms with Crippen LogP contribution in [0.5, 0.6) is 5.75 Å². The van der Waals surface area contributed by atoms with E-state index in [1.807, 2.05) is 12.1 Å². The number of aromatic hydroxyl groups is 1. The molecule has 1 nitrogen and oxygen atoms in total. The number of rotatable bonds is 1. The third-order valence-electron chi connectivity index (χ3n) is 4.12. The first kappa shape index (κ1) is 10.5. The van der Waals surface area contributed by atoms with Crippen LogP contribution in [0.3, 0.4) is 0 Å². The summed E-state index contributed by atoms with van der Waals surface area (Å²) in [5.74, 6) is 1.06. The first-order chi connectivity index (χ1) is 7.04. The van der Waals surface area contributed by atoms with Crippen LogP contribution in [0.1, 0.15) is 44.7 Å². The van der Waals surface area contributed by atoms with Crippen molar-refractivity contribution in [2.75, 3.05) is 0 Å². The predicted octanol–water partition coefficient (Wildman–Crippen LogP) is 3.64. The third-order valence-corrected chi connectivity index (χ3v) is 4.12. The molecule has 1 aromatic carbocycles. The lowest BCUT2D eigenvalue weighted by molar-refractivity contribution is 0.289. The van der Waals surface area contributed by atoms with Crippen LogP contribution in [0.4, 0.5) is 0 Å². The summed E-state index contributed by atoms with van der Waals surface area (Å²) in [6.45, 7) is 6.94. The molecule has 1 N–H and O–H groups in total. The summed E-state index contributed by atoms with van der Waals surface area (Å²) in [4.78, 5) is 0. The number of hydrogen-bond acceptors (Lipinski definition) is 1. The van der Waals surface area contributed by atoms with Gasteiger partial charge in [-0.2, -0.15) is 0 Å². The molecule has 0 spiro atoms. The van der Waals surface area contributed by atoms with Crippen LogP contribution in [-0.4, -0.2) is 5.11 Å². The molecule has 82 valence electrons. The molecule has 0 aliphatic heterocycles. The van der Waals surface area contributed by atoms with Crippen molar-refractivity contribution >= 4 is 0 Å². The van der Waals surface area contributed by atoms with Crippen LogP contribution in [0.2, 0.25) is 0 Å². The molecule has 1 aliphatic carbocycles. The van der Waals surface area contributed by atoms with Crippen molar-refractivity contribution in [1.29, 1.82) is 0 Å². The molecule has 0 saturated carbocycles. The van der Waals surface area contributed by atoms with Crippen molar-refractivity contribution in [3.05, 3.63) is 29.3 Å². The molecule has 2 rings (SSSR count). The minimum atomic E-state index is 0.293. The topological polar surface area (TPSA) is 20.2 Å². The maximum absolute atomic E-state index is 9.50. The Labute approximate surface area is 92.1 Å². The molecule has 0 saturated heterocycles. The molecule has 15 heavy (non-hydrogen) atoms. The monoisotopic (exact) mass is 204 g/mol. The van der Waals surface area contributed by atoms with Gasteiger partial charge >= 0.3 is 0 Å². The van der Waals surface area contributed by atoms with Crippen molar-refractivity contribution in [3.63, 3.8) is 0 Å². The number of phenolic OH excluding ortho intramolecular Hbond substituents is 1. The van der Waals surface area contributed by atoms with Crippen molar-refractivity contribution in [1.82, 2.24) is 0 Å². The zero-order chi connectivity index (χ0) is 11.1. The van der Waals surface area contributed by atoms with Crippen LogP contribution in [0, 0.1) is 5.92 Å². The minimum Gasteiger partial charge on any atom is -0.508 e. The van der Waals surface area contributed by atoms with Crippen LogP contribution < -0.4 is 0 Å². The normalized spacial score (nSPS) is 25.3. The number of hydrogen-bond donors (Lipinski definition) is 1.